The number of nitrogens with zero attached hydrogens (tertiary/aromatic N) is 1. The summed E-state index contributed by atoms with van der Waals surface area (Å²) in [6, 6.07) is 12.9. The molecule has 0 saturated heterocycles. The molecule has 1 heterocycles. The summed E-state index contributed by atoms with van der Waals surface area (Å²) in [7, 11) is 1.62. The van der Waals surface area contributed by atoms with Gasteiger partial charge in [-0.05, 0) is 36.6 Å². The van der Waals surface area contributed by atoms with Crippen LogP contribution in [0.15, 0.2) is 42.5 Å². The van der Waals surface area contributed by atoms with Crippen LogP contribution in [0.2, 0.25) is 0 Å². The molecule has 0 saturated carbocycles. The van der Waals surface area contributed by atoms with E-state index in [2.05, 4.69) is 10.6 Å². The number of hydrogen-bond donors (Lipinski definition) is 2. The Morgan fingerprint density at radius 1 is 1.04 bits per heavy atom. The number of carbonyl (C=O) groups excluding carboxylic acids is 3. The van der Waals surface area contributed by atoms with Crippen molar-refractivity contribution in [3.63, 3.8) is 0 Å². The summed E-state index contributed by atoms with van der Waals surface area (Å²) >= 11 is 0. The first-order valence-corrected chi connectivity index (χ1v) is 8.94. The molecule has 0 bridgehead atoms. The van der Waals surface area contributed by atoms with Gasteiger partial charge in [0.05, 0.1) is 13.0 Å². The molecule has 3 rings (SSSR count). The summed E-state index contributed by atoms with van der Waals surface area (Å²) in [5.74, 6) is -0.155. The van der Waals surface area contributed by atoms with Gasteiger partial charge < -0.3 is 15.5 Å². The lowest BCUT2D eigenvalue weighted by Gasteiger charge is -2.19. The van der Waals surface area contributed by atoms with Crippen LogP contribution >= 0.6 is 0 Å². The number of rotatable bonds is 6. The van der Waals surface area contributed by atoms with Crippen molar-refractivity contribution < 1.29 is 14.4 Å². The number of amides is 2. The van der Waals surface area contributed by atoms with Crippen molar-refractivity contribution in [2.75, 3.05) is 30.4 Å². The molecule has 0 aromatic heterocycles. The van der Waals surface area contributed by atoms with Crippen molar-refractivity contribution in [1.29, 1.82) is 0 Å². The number of fused-ring (bicyclic) bond motifs is 1. The minimum absolute atomic E-state index is 0.00505. The lowest BCUT2D eigenvalue weighted by atomic mass is 10.1. The highest BCUT2D eigenvalue weighted by molar-refractivity contribution is 5.95. The maximum atomic E-state index is 12.4. The Morgan fingerprint density at radius 2 is 1.78 bits per heavy atom. The van der Waals surface area contributed by atoms with Crippen molar-refractivity contribution in [1.82, 2.24) is 5.32 Å². The quantitative estimate of drug-likeness (QED) is 0.769. The third-order valence-corrected chi connectivity index (χ3v) is 4.70. The number of nitrogens with one attached hydrogen (secondary N) is 2. The molecule has 0 atom stereocenters. The number of Topliss-reactive ketones (excluding diaryl/α,β-unsaturated/α-hetero) is 1. The summed E-state index contributed by atoms with van der Waals surface area (Å²) < 4.78 is 0. The van der Waals surface area contributed by atoms with Crippen LogP contribution in [0.1, 0.15) is 28.4 Å². The van der Waals surface area contributed by atoms with Crippen LogP contribution < -0.4 is 15.5 Å². The predicted molar refractivity (Wildman–Crippen MR) is 105 cm³/mol. The SMILES string of the molecule is CNC(=O)CN1CCc2ccc(NC(=O)Cc3ccc(C(C)=O)cc3)cc21. The van der Waals surface area contributed by atoms with Crippen LogP contribution in [0, 0.1) is 0 Å². The second kappa shape index (κ2) is 8.03. The summed E-state index contributed by atoms with van der Waals surface area (Å²) in [6.07, 6.45) is 1.13. The van der Waals surface area contributed by atoms with E-state index in [0.29, 0.717) is 17.8 Å². The second-order valence-corrected chi connectivity index (χ2v) is 6.67. The number of benzene rings is 2. The van der Waals surface area contributed by atoms with Crippen molar-refractivity contribution in [2.24, 2.45) is 0 Å². The normalized spacial score (nSPS) is 12.4. The smallest absolute Gasteiger partial charge is 0.239 e. The van der Waals surface area contributed by atoms with E-state index >= 15 is 0 Å². The second-order valence-electron chi connectivity index (χ2n) is 6.67. The fraction of sp³-hybridized carbons (Fsp3) is 0.286. The van der Waals surface area contributed by atoms with Crippen molar-refractivity contribution in [3.05, 3.63) is 59.2 Å². The minimum Gasteiger partial charge on any atom is -0.362 e. The number of carbonyl (C=O) groups is 3. The molecule has 2 N–H and O–H groups in total. The van der Waals surface area contributed by atoms with Crippen LogP contribution in [0.3, 0.4) is 0 Å². The Bertz CT molecular complexity index is 875. The molecule has 140 valence electrons. The van der Waals surface area contributed by atoms with Crippen LogP contribution in [-0.4, -0.2) is 37.7 Å². The molecule has 6 nitrogen and oxygen atoms in total. The molecule has 1 aliphatic rings. The number of likely N-dealkylation sites (N-methyl/N-ethyl adjacent to an activating group) is 1. The van der Waals surface area contributed by atoms with E-state index in [0.717, 1.165) is 24.2 Å². The molecule has 0 fully saturated rings. The van der Waals surface area contributed by atoms with Gasteiger partial charge in [0.1, 0.15) is 0 Å². The molecule has 2 aromatic rings. The first-order chi connectivity index (χ1) is 13.0. The average molecular weight is 365 g/mol. The lowest BCUT2D eigenvalue weighted by Crippen LogP contribution is -2.34. The maximum Gasteiger partial charge on any atom is 0.239 e. The molecule has 6 heteroatoms. The monoisotopic (exact) mass is 365 g/mol. The van der Waals surface area contributed by atoms with Crippen LogP contribution in [-0.2, 0) is 22.4 Å². The highest BCUT2D eigenvalue weighted by atomic mass is 16.2. The fourth-order valence-electron chi connectivity index (χ4n) is 3.19. The van der Waals surface area contributed by atoms with Crippen molar-refractivity contribution >= 4 is 29.0 Å². The topological polar surface area (TPSA) is 78.5 Å². The summed E-state index contributed by atoms with van der Waals surface area (Å²) in [5, 5.41) is 5.55. The van der Waals surface area contributed by atoms with Crippen LogP contribution in [0.5, 0.6) is 0 Å². The molecule has 27 heavy (non-hydrogen) atoms. The third kappa shape index (κ3) is 4.53. The molecule has 0 radical (unpaired) electrons. The Labute approximate surface area is 158 Å². The van der Waals surface area contributed by atoms with Crippen molar-refractivity contribution in [3.8, 4) is 0 Å². The average Bonchev–Trinajstić information content (AvgIpc) is 3.04. The zero-order valence-corrected chi connectivity index (χ0v) is 15.5. The largest absolute Gasteiger partial charge is 0.362 e. The summed E-state index contributed by atoms with van der Waals surface area (Å²) in [6.45, 7) is 2.62. The number of hydrogen-bond acceptors (Lipinski definition) is 4. The van der Waals surface area contributed by atoms with Crippen LogP contribution in [0.25, 0.3) is 0 Å². The van der Waals surface area contributed by atoms with Gasteiger partial charge in [0, 0.05) is 30.5 Å². The molecule has 1 aliphatic heterocycles. The Hall–Kier alpha value is -3.15. The van der Waals surface area contributed by atoms with Crippen LogP contribution in [0.4, 0.5) is 11.4 Å². The van der Waals surface area contributed by atoms with E-state index in [-0.39, 0.29) is 24.0 Å². The predicted octanol–water partition coefficient (Wildman–Crippen LogP) is 2.18. The number of ketones is 1. The first kappa shape index (κ1) is 18.6. The molecular weight excluding hydrogens is 342 g/mol. The fourth-order valence-corrected chi connectivity index (χ4v) is 3.19. The van der Waals surface area contributed by atoms with Gasteiger partial charge in [-0.3, -0.25) is 14.4 Å². The lowest BCUT2D eigenvalue weighted by molar-refractivity contribution is -0.119. The summed E-state index contributed by atoms with van der Waals surface area (Å²) in [4.78, 5) is 37.4. The Kier molecular flexibility index (Phi) is 5.54. The highest BCUT2D eigenvalue weighted by Gasteiger charge is 2.21. The van der Waals surface area contributed by atoms with E-state index in [1.165, 1.54) is 12.5 Å². The molecule has 2 amide bonds. The van der Waals surface area contributed by atoms with E-state index in [9.17, 15) is 14.4 Å². The van der Waals surface area contributed by atoms with E-state index in [1.54, 1.807) is 31.3 Å². The zero-order valence-electron chi connectivity index (χ0n) is 15.5. The Morgan fingerprint density at radius 3 is 2.44 bits per heavy atom. The molecule has 0 aliphatic carbocycles. The van der Waals surface area contributed by atoms with Gasteiger partial charge in [0.2, 0.25) is 11.8 Å². The van der Waals surface area contributed by atoms with Gasteiger partial charge in [-0.15, -0.1) is 0 Å². The minimum atomic E-state index is -0.124. The number of anilines is 2. The van der Waals surface area contributed by atoms with E-state index in [4.69, 9.17) is 0 Å². The zero-order chi connectivity index (χ0) is 19.4. The Balaban J connectivity index is 1.65. The maximum absolute atomic E-state index is 12.4. The van der Waals surface area contributed by atoms with Gasteiger partial charge in [-0.2, -0.15) is 0 Å². The van der Waals surface area contributed by atoms with E-state index < -0.39 is 0 Å². The third-order valence-electron chi connectivity index (χ3n) is 4.70. The van der Waals surface area contributed by atoms with Gasteiger partial charge in [-0.1, -0.05) is 30.3 Å². The van der Waals surface area contributed by atoms with Gasteiger partial charge in [-0.25, -0.2) is 0 Å². The molecular formula is C21H23N3O3. The van der Waals surface area contributed by atoms with Gasteiger partial charge >= 0.3 is 0 Å². The van der Waals surface area contributed by atoms with Crippen molar-refractivity contribution in [2.45, 2.75) is 19.8 Å². The highest BCUT2D eigenvalue weighted by Crippen LogP contribution is 2.30. The van der Waals surface area contributed by atoms with E-state index in [1.807, 2.05) is 23.1 Å². The molecule has 0 spiro atoms. The van der Waals surface area contributed by atoms with Gasteiger partial charge in [0.15, 0.2) is 5.78 Å². The standard InChI is InChI=1S/C21H23N3O3/c1-14(25)16-5-3-15(4-6-16)11-20(26)23-18-8-7-17-9-10-24(19(17)12-18)13-21(27)22-2/h3-8,12H,9-11,13H2,1-2H3,(H,22,27)(H,23,26). The molecule has 0 unspecified atom stereocenters. The first-order valence-electron chi connectivity index (χ1n) is 8.94. The molecule has 2 aromatic carbocycles. The summed E-state index contributed by atoms with van der Waals surface area (Å²) in [5.41, 5.74) is 4.36. The van der Waals surface area contributed by atoms with Gasteiger partial charge in [0.25, 0.3) is 0 Å².